The van der Waals surface area contributed by atoms with Crippen molar-refractivity contribution in [2.75, 3.05) is 7.05 Å². The highest BCUT2D eigenvalue weighted by Gasteiger charge is 2.36. The third-order valence-electron chi connectivity index (χ3n) is 3.65. The van der Waals surface area contributed by atoms with Crippen LogP contribution in [0.25, 0.3) is 0 Å². The first kappa shape index (κ1) is 17.8. The molecule has 136 valence electrons. The van der Waals surface area contributed by atoms with Crippen LogP contribution in [-0.4, -0.2) is 46.9 Å². The Bertz CT molecular complexity index is 975. The number of carbonyl (C=O) groups is 1. The normalized spacial score (nSPS) is 17.6. The van der Waals surface area contributed by atoms with E-state index in [0.29, 0.717) is 5.56 Å². The molecule has 2 heterocycles. The number of aromatic carboxylic acids is 1. The molecule has 1 atom stereocenters. The SMILES string of the molecule is CN1OC(S(=O)(=O)Cc2ccccc2)=NC1c1ncc(C(=O)O)cc1O. The molecular weight excluding hydrogens is 362 g/mol. The van der Waals surface area contributed by atoms with Gasteiger partial charge in [-0.3, -0.25) is 4.98 Å². The number of hydroxylamine groups is 2. The van der Waals surface area contributed by atoms with Crippen LogP contribution in [0.5, 0.6) is 5.75 Å². The number of nitrogens with zero attached hydrogens (tertiary/aromatic N) is 3. The lowest BCUT2D eigenvalue weighted by atomic mass is 10.2. The Labute approximate surface area is 149 Å². The van der Waals surface area contributed by atoms with E-state index in [1.807, 2.05) is 0 Å². The number of aliphatic imine (C=N–C) groups is 1. The molecule has 0 spiro atoms. The molecule has 0 radical (unpaired) electrons. The number of hydrogen-bond acceptors (Lipinski definition) is 8. The molecule has 0 fully saturated rings. The van der Waals surface area contributed by atoms with E-state index in [9.17, 15) is 18.3 Å². The summed E-state index contributed by atoms with van der Waals surface area (Å²) in [6.45, 7) is 0. The number of benzene rings is 1. The number of pyridine rings is 1. The lowest BCUT2D eigenvalue weighted by Crippen LogP contribution is -2.23. The predicted octanol–water partition coefficient (Wildman–Crippen LogP) is 1.33. The van der Waals surface area contributed by atoms with Gasteiger partial charge in [0.1, 0.15) is 11.4 Å². The molecule has 0 bridgehead atoms. The zero-order chi connectivity index (χ0) is 18.9. The fourth-order valence-corrected chi connectivity index (χ4v) is 3.63. The van der Waals surface area contributed by atoms with Crippen molar-refractivity contribution in [1.29, 1.82) is 0 Å². The Kier molecular flexibility index (Phi) is 4.62. The monoisotopic (exact) mass is 377 g/mol. The van der Waals surface area contributed by atoms with E-state index in [1.54, 1.807) is 30.3 Å². The van der Waals surface area contributed by atoms with Gasteiger partial charge in [0.2, 0.25) is 9.84 Å². The minimum atomic E-state index is -3.84. The van der Waals surface area contributed by atoms with Crippen molar-refractivity contribution in [3.63, 3.8) is 0 Å². The van der Waals surface area contributed by atoms with Crippen LogP contribution in [0.1, 0.15) is 27.8 Å². The molecule has 3 rings (SSSR count). The van der Waals surface area contributed by atoms with E-state index in [-0.39, 0.29) is 17.0 Å². The van der Waals surface area contributed by atoms with Gasteiger partial charge in [-0.25, -0.2) is 18.2 Å². The summed E-state index contributed by atoms with van der Waals surface area (Å²) in [5.74, 6) is -1.95. The van der Waals surface area contributed by atoms with E-state index in [4.69, 9.17) is 9.94 Å². The average molecular weight is 377 g/mol. The van der Waals surface area contributed by atoms with Crippen molar-refractivity contribution in [1.82, 2.24) is 10.0 Å². The largest absolute Gasteiger partial charge is 0.506 e. The fraction of sp³-hybridized carbons (Fsp3) is 0.188. The van der Waals surface area contributed by atoms with Crippen LogP contribution in [0.15, 0.2) is 47.6 Å². The molecule has 1 aromatic heterocycles. The molecule has 9 nitrogen and oxygen atoms in total. The molecule has 1 aliphatic rings. The topological polar surface area (TPSA) is 129 Å². The Morgan fingerprint density at radius 2 is 2.00 bits per heavy atom. The fourth-order valence-electron chi connectivity index (χ4n) is 2.38. The molecule has 0 aliphatic carbocycles. The van der Waals surface area contributed by atoms with Crippen LogP contribution < -0.4 is 0 Å². The summed E-state index contributed by atoms with van der Waals surface area (Å²) in [4.78, 5) is 24.0. The van der Waals surface area contributed by atoms with Gasteiger partial charge in [0.15, 0.2) is 6.17 Å². The predicted molar refractivity (Wildman–Crippen MR) is 91.0 cm³/mol. The van der Waals surface area contributed by atoms with Gasteiger partial charge >= 0.3 is 11.2 Å². The third kappa shape index (κ3) is 3.51. The maximum absolute atomic E-state index is 12.5. The first-order chi connectivity index (χ1) is 12.3. The highest BCUT2D eigenvalue weighted by Crippen LogP contribution is 2.32. The molecule has 1 unspecified atom stereocenters. The third-order valence-corrected chi connectivity index (χ3v) is 5.07. The number of aromatic nitrogens is 1. The number of carboxylic acid groups (broad SMARTS) is 1. The zero-order valence-electron chi connectivity index (χ0n) is 13.6. The molecular formula is C16H15N3O6S. The maximum atomic E-state index is 12.5. The molecule has 1 aliphatic heterocycles. The number of hydrogen-bond donors (Lipinski definition) is 2. The van der Waals surface area contributed by atoms with Crippen molar-refractivity contribution in [2.24, 2.45) is 4.99 Å². The summed E-state index contributed by atoms with van der Waals surface area (Å²) in [7, 11) is -2.40. The lowest BCUT2D eigenvalue weighted by molar-refractivity contribution is -0.0567. The van der Waals surface area contributed by atoms with Gasteiger partial charge < -0.3 is 15.1 Å². The second-order valence-corrected chi connectivity index (χ2v) is 7.45. The molecule has 0 amide bonds. The van der Waals surface area contributed by atoms with Gasteiger partial charge in [-0.1, -0.05) is 30.3 Å². The van der Waals surface area contributed by atoms with Crippen LogP contribution in [-0.2, 0) is 20.4 Å². The highest BCUT2D eigenvalue weighted by molar-refractivity contribution is 8.05. The highest BCUT2D eigenvalue weighted by atomic mass is 32.2. The molecule has 2 aromatic rings. The summed E-state index contributed by atoms with van der Waals surface area (Å²) >= 11 is 0. The summed E-state index contributed by atoms with van der Waals surface area (Å²) in [5, 5.41) is 19.6. The zero-order valence-corrected chi connectivity index (χ0v) is 14.4. The van der Waals surface area contributed by atoms with E-state index in [0.717, 1.165) is 17.3 Å². The van der Waals surface area contributed by atoms with Crippen molar-refractivity contribution in [3.8, 4) is 5.75 Å². The molecule has 0 saturated heterocycles. The van der Waals surface area contributed by atoms with Crippen LogP contribution in [0.3, 0.4) is 0 Å². The van der Waals surface area contributed by atoms with E-state index in [2.05, 4.69) is 9.98 Å². The maximum Gasteiger partial charge on any atom is 0.337 e. The van der Waals surface area contributed by atoms with Crippen LogP contribution in [0.2, 0.25) is 0 Å². The van der Waals surface area contributed by atoms with E-state index < -0.39 is 33.0 Å². The number of sulfone groups is 1. The first-order valence-electron chi connectivity index (χ1n) is 7.45. The number of aromatic hydroxyl groups is 1. The number of carboxylic acids is 1. The smallest absolute Gasteiger partial charge is 0.337 e. The Morgan fingerprint density at radius 1 is 1.31 bits per heavy atom. The minimum absolute atomic E-state index is 0.0117. The number of rotatable bonds is 4. The van der Waals surface area contributed by atoms with Gasteiger partial charge in [-0.15, -0.1) is 5.06 Å². The average Bonchev–Trinajstić information content (AvgIpc) is 2.98. The van der Waals surface area contributed by atoms with Gasteiger partial charge in [-0.05, 0) is 11.6 Å². The Balaban J connectivity index is 1.89. The summed E-state index contributed by atoms with van der Waals surface area (Å²) in [5.41, 5.74) is 0.368. The second-order valence-electron chi connectivity index (χ2n) is 5.58. The van der Waals surface area contributed by atoms with Crippen LogP contribution in [0, 0.1) is 0 Å². The molecule has 10 heteroatoms. The van der Waals surface area contributed by atoms with Gasteiger partial charge in [0.05, 0.1) is 11.3 Å². The van der Waals surface area contributed by atoms with Crippen LogP contribution >= 0.6 is 0 Å². The van der Waals surface area contributed by atoms with Crippen molar-refractivity contribution >= 4 is 21.0 Å². The van der Waals surface area contributed by atoms with Crippen molar-refractivity contribution in [2.45, 2.75) is 11.9 Å². The van der Waals surface area contributed by atoms with Gasteiger partial charge in [-0.2, -0.15) is 0 Å². The van der Waals surface area contributed by atoms with E-state index >= 15 is 0 Å². The van der Waals surface area contributed by atoms with Crippen molar-refractivity contribution < 1.29 is 28.3 Å². The van der Waals surface area contributed by atoms with E-state index in [1.165, 1.54) is 7.05 Å². The first-order valence-corrected chi connectivity index (χ1v) is 9.10. The minimum Gasteiger partial charge on any atom is -0.506 e. The Hall–Kier alpha value is -2.98. The van der Waals surface area contributed by atoms with Gasteiger partial charge in [0.25, 0.3) is 0 Å². The second kappa shape index (κ2) is 6.73. The summed E-state index contributed by atoms with van der Waals surface area (Å²) < 4.78 is 25.0. The van der Waals surface area contributed by atoms with Crippen LogP contribution in [0.4, 0.5) is 0 Å². The lowest BCUT2D eigenvalue weighted by Gasteiger charge is -2.16. The van der Waals surface area contributed by atoms with Crippen molar-refractivity contribution in [3.05, 3.63) is 59.4 Å². The standard InChI is InChI=1S/C16H15N3O6S/c1-19-14(13-12(20)7-11(8-17-13)15(21)22)18-16(25-19)26(23,24)9-10-5-3-2-4-6-10/h2-8,14,20H,9H2,1H3,(H,21,22). The molecule has 2 N–H and O–H groups in total. The van der Waals surface area contributed by atoms with Gasteiger partial charge in [0, 0.05) is 13.2 Å². The quantitative estimate of drug-likeness (QED) is 0.816. The summed E-state index contributed by atoms with van der Waals surface area (Å²) in [6, 6.07) is 9.59. The Morgan fingerprint density at radius 3 is 2.62 bits per heavy atom. The summed E-state index contributed by atoms with van der Waals surface area (Å²) in [6.07, 6.45) is 0.0374. The molecule has 1 aromatic carbocycles. The molecule has 0 saturated carbocycles. The molecule has 26 heavy (non-hydrogen) atoms.